The van der Waals surface area contributed by atoms with Gasteiger partial charge in [0.1, 0.15) is 6.04 Å². The van der Waals surface area contributed by atoms with Crippen LogP contribution in [-0.2, 0) is 15.0 Å². The predicted molar refractivity (Wildman–Crippen MR) is 78.9 cm³/mol. The zero-order chi connectivity index (χ0) is 17.7. The highest BCUT2D eigenvalue weighted by atomic mass is 19.4. The van der Waals surface area contributed by atoms with Crippen LogP contribution in [-0.4, -0.2) is 29.2 Å². The monoisotopic (exact) mass is 331 g/mol. The van der Waals surface area contributed by atoms with Gasteiger partial charge in [0.25, 0.3) is 0 Å². The molecule has 0 radical (unpaired) electrons. The molecular formula is C16H20F3NO3. The lowest BCUT2D eigenvalue weighted by Crippen LogP contribution is -2.51. The fraction of sp³-hybridized carbons (Fsp3) is 0.500. The van der Waals surface area contributed by atoms with E-state index in [0.717, 1.165) is 0 Å². The normalized spacial score (nSPS) is 13.4. The molecule has 7 heteroatoms. The van der Waals surface area contributed by atoms with Crippen molar-refractivity contribution in [3.8, 4) is 0 Å². The van der Waals surface area contributed by atoms with Crippen LogP contribution >= 0.6 is 0 Å². The Kier molecular flexibility index (Phi) is 6.18. The number of hydrogen-bond donors (Lipinski definition) is 2. The first-order valence-corrected chi connectivity index (χ1v) is 7.32. The number of benzene rings is 1. The summed E-state index contributed by atoms with van der Waals surface area (Å²) in [4.78, 5) is 23.6. The summed E-state index contributed by atoms with van der Waals surface area (Å²) in [7, 11) is 0. The van der Waals surface area contributed by atoms with Gasteiger partial charge in [-0.2, -0.15) is 13.2 Å². The lowest BCUT2D eigenvalue weighted by atomic mass is 9.75. The minimum atomic E-state index is -4.68. The number of carboxylic acids is 1. The number of carboxylic acid groups (broad SMARTS) is 1. The molecule has 128 valence electrons. The van der Waals surface area contributed by atoms with Gasteiger partial charge < -0.3 is 10.4 Å². The first kappa shape index (κ1) is 19.0. The third-order valence-corrected chi connectivity index (χ3v) is 4.01. The number of hydrogen-bond acceptors (Lipinski definition) is 2. The van der Waals surface area contributed by atoms with Crippen molar-refractivity contribution in [2.75, 3.05) is 0 Å². The number of carbonyl (C=O) groups excluding carboxylic acids is 1. The Labute approximate surface area is 132 Å². The topological polar surface area (TPSA) is 66.4 Å². The van der Waals surface area contributed by atoms with Crippen LogP contribution in [0.2, 0.25) is 0 Å². The Balaban J connectivity index is 3.09. The largest absolute Gasteiger partial charge is 0.480 e. The minimum absolute atomic E-state index is 0.345. The number of alkyl halides is 3. The molecule has 1 aromatic rings. The molecule has 0 bridgehead atoms. The molecule has 0 aliphatic heterocycles. The van der Waals surface area contributed by atoms with E-state index in [0.29, 0.717) is 18.4 Å². The number of aliphatic carboxylic acids is 1. The molecule has 1 amide bonds. The molecule has 0 fully saturated rings. The molecule has 0 heterocycles. The zero-order valence-electron chi connectivity index (χ0n) is 13.0. The van der Waals surface area contributed by atoms with Crippen LogP contribution in [0.1, 0.15) is 38.7 Å². The van der Waals surface area contributed by atoms with Gasteiger partial charge in [-0.05, 0) is 18.4 Å². The Morgan fingerprint density at radius 1 is 1.13 bits per heavy atom. The van der Waals surface area contributed by atoms with E-state index < -0.39 is 35.9 Å². The maximum Gasteiger partial charge on any atom is 0.391 e. The van der Waals surface area contributed by atoms with E-state index in [9.17, 15) is 22.8 Å². The quantitative estimate of drug-likeness (QED) is 0.806. The van der Waals surface area contributed by atoms with Crippen molar-refractivity contribution in [3.63, 3.8) is 0 Å². The highest BCUT2D eigenvalue weighted by Crippen LogP contribution is 2.32. The summed E-state index contributed by atoms with van der Waals surface area (Å²) in [5, 5.41) is 11.0. The lowest BCUT2D eigenvalue weighted by Gasteiger charge is -2.32. The van der Waals surface area contributed by atoms with Crippen molar-refractivity contribution in [1.29, 1.82) is 0 Å². The summed E-state index contributed by atoms with van der Waals surface area (Å²) in [5.74, 6) is -2.41. The third kappa shape index (κ3) is 4.71. The number of nitrogens with one attached hydrogen (secondary N) is 1. The molecule has 1 aromatic carbocycles. The molecule has 0 aliphatic carbocycles. The predicted octanol–water partition coefficient (Wildman–Crippen LogP) is 3.27. The van der Waals surface area contributed by atoms with Gasteiger partial charge in [0.05, 0.1) is 11.8 Å². The van der Waals surface area contributed by atoms with Crippen LogP contribution in [0.3, 0.4) is 0 Å². The van der Waals surface area contributed by atoms with E-state index >= 15 is 0 Å². The summed E-state index contributed by atoms with van der Waals surface area (Å²) >= 11 is 0. The Bertz CT molecular complexity index is 539. The molecular weight excluding hydrogens is 311 g/mol. The average Bonchev–Trinajstić information content (AvgIpc) is 2.48. The maximum absolute atomic E-state index is 12.6. The Morgan fingerprint density at radius 2 is 1.65 bits per heavy atom. The Hall–Kier alpha value is -2.05. The van der Waals surface area contributed by atoms with E-state index in [1.54, 1.807) is 44.2 Å². The van der Waals surface area contributed by atoms with Crippen LogP contribution in [0.4, 0.5) is 13.2 Å². The fourth-order valence-corrected chi connectivity index (χ4v) is 2.60. The molecule has 0 spiro atoms. The van der Waals surface area contributed by atoms with E-state index in [1.165, 1.54) is 0 Å². The summed E-state index contributed by atoms with van der Waals surface area (Å²) in [6.45, 7) is 3.49. The van der Waals surface area contributed by atoms with Gasteiger partial charge in [-0.1, -0.05) is 44.2 Å². The van der Waals surface area contributed by atoms with E-state index in [1.807, 2.05) is 0 Å². The number of rotatable bonds is 7. The molecule has 0 saturated heterocycles. The standard InChI is InChI=1S/C16H20F3NO3/c1-3-15(4-2,11-8-6-5-7-9-11)14(23)20-12(13(21)22)10-16(17,18)19/h5-9,12H,3-4,10H2,1-2H3,(H,20,23)(H,21,22). The SMILES string of the molecule is CCC(CC)(C(=O)NC(CC(F)(F)F)C(=O)O)c1ccccc1. The van der Waals surface area contributed by atoms with Crippen molar-refractivity contribution < 1.29 is 27.9 Å². The summed E-state index contributed by atoms with van der Waals surface area (Å²) in [6.07, 6.45) is -5.59. The summed E-state index contributed by atoms with van der Waals surface area (Å²) in [6, 6.07) is 6.66. The first-order chi connectivity index (χ1) is 10.7. The van der Waals surface area contributed by atoms with Gasteiger partial charge in [0.15, 0.2) is 0 Å². The van der Waals surface area contributed by atoms with Crippen LogP contribution in [0.15, 0.2) is 30.3 Å². The van der Waals surface area contributed by atoms with Gasteiger partial charge in [-0.25, -0.2) is 4.79 Å². The fourth-order valence-electron chi connectivity index (χ4n) is 2.60. The van der Waals surface area contributed by atoms with Gasteiger partial charge in [0, 0.05) is 0 Å². The molecule has 0 aromatic heterocycles. The summed E-state index contributed by atoms with van der Waals surface area (Å²) in [5.41, 5.74) is -0.403. The molecule has 1 rings (SSSR count). The number of amides is 1. The second-order valence-corrected chi connectivity index (χ2v) is 5.34. The van der Waals surface area contributed by atoms with Crippen molar-refractivity contribution in [3.05, 3.63) is 35.9 Å². The van der Waals surface area contributed by atoms with Gasteiger partial charge >= 0.3 is 12.1 Å². The van der Waals surface area contributed by atoms with E-state index in [2.05, 4.69) is 5.32 Å². The average molecular weight is 331 g/mol. The van der Waals surface area contributed by atoms with Gasteiger partial charge in [-0.3, -0.25) is 4.79 Å². The highest BCUT2D eigenvalue weighted by molar-refractivity contribution is 5.91. The van der Waals surface area contributed by atoms with Crippen LogP contribution < -0.4 is 5.32 Å². The molecule has 0 aliphatic rings. The Morgan fingerprint density at radius 3 is 2.04 bits per heavy atom. The van der Waals surface area contributed by atoms with Crippen molar-refractivity contribution in [2.24, 2.45) is 0 Å². The highest BCUT2D eigenvalue weighted by Gasteiger charge is 2.41. The van der Waals surface area contributed by atoms with Crippen LogP contribution in [0, 0.1) is 0 Å². The second-order valence-electron chi connectivity index (χ2n) is 5.34. The number of carbonyl (C=O) groups is 2. The molecule has 1 atom stereocenters. The van der Waals surface area contributed by atoms with Crippen molar-refractivity contribution >= 4 is 11.9 Å². The lowest BCUT2D eigenvalue weighted by molar-refractivity contribution is -0.160. The van der Waals surface area contributed by atoms with Crippen molar-refractivity contribution in [2.45, 2.75) is 50.7 Å². The zero-order valence-corrected chi connectivity index (χ0v) is 13.0. The van der Waals surface area contributed by atoms with Crippen LogP contribution in [0.25, 0.3) is 0 Å². The molecule has 23 heavy (non-hydrogen) atoms. The first-order valence-electron chi connectivity index (χ1n) is 7.32. The number of halogens is 3. The molecule has 4 nitrogen and oxygen atoms in total. The van der Waals surface area contributed by atoms with Gasteiger partial charge in [0.2, 0.25) is 5.91 Å². The van der Waals surface area contributed by atoms with Gasteiger partial charge in [-0.15, -0.1) is 0 Å². The molecule has 0 saturated carbocycles. The molecule has 2 N–H and O–H groups in total. The summed E-state index contributed by atoms with van der Waals surface area (Å²) < 4.78 is 37.5. The van der Waals surface area contributed by atoms with E-state index in [-0.39, 0.29) is 0 Å². The smallest absolute Gasteiger partial charge is 0.391 e. The minimum Gasteiger partial charge on any atom is -0.480 e. The maximum atomic E-state index is 12.6. The molecule has 1 unspecified atom stereocenters. The van der Waals surface area contributed by atoms with E-state index in [4.69, 9.17) is 5.11 Å². The van der Waals surface area contributed by atoms with Crippen molar-refractivity contribution in [1.82, 2.24) is 5.32 Å². The second kappa shape index (κ2) is 7.48. The third-order valence-electron chi connectivity index (χ3n) is 4.01. The van der Waals surface area contributed by atoms with Crippen LogP contribution in [0.5, 0.6) is 0 Å².